The van der Waals surface area contributed by atoms with Crippen LogP contribution >= 0.6 is 21.6 Å². The topological polar surface area (TPSA) is 131 Å². The average Bonchev–Trinajstić information content (AvgIpc) is 3.23. The van der Waals surface area contributed by atoms with Crippen LogP contribution in [0.25, 0.3) is 0 Å². The summed E-state index contributed by atoms with van der Waals surface area (Å²) >= 11 is 0. The zero-order valence-electron chi connectivity index (χ0n) is 22.0. The van der Waals surface area contributed by atoms with Gasteiger partial charge in [0.1, 0.15) is 17.8 Å². The summed E-state index contributed by atoms with van der Waals surface area (Å²) in [5.41, 5.74) is 0.0383. The lowest BCUT2D eigenvalue weighted by Gasteiger charge is -2.34. The first-order valence-electron chi connectivity index (χ1n) is 12.7. The Bertz CT molecular complexity index is 995. The van der Waals surface area contributed by atoms with Crippen LogP contribution in [0.1, 0.15) is 60.3 Å². The van der Waals surface area contributed by atoms with Crippen LogP contribution in [0.15, 0.2) is 23.9 Å². The van der Waals surface area contributed by atoms with Crippen molar-refractivity contribution in [1.29, 1.82) is 0 Å². The van der Waals surface area contributed by atoms with Crippen LogP contribution in [0.4, 0.5) is 0 Å². The van der Waals surface area contributed by atoms with E-state index in [0.29, 0.717) is 18.6 Å². The highest BCUT2D eigenvalue weighted by Gasteiger charge is 2.50. The van der Waals surface area contributed by atoms with Crippen LogP contribution in [-0.2, 0) is 28.7 Å². The molecule has 3 N–H and O–H groups in total. The number of carbonyl (C=O) groups excluding carboxylic acids is 5. The molecule has 3 rings (SSSR count). The number of rotatable bonds is 2. The molecule has 0 aromatic rings. The van der Waals surface area contributed by atoms with E-state index in [1.54, 1.807) is 26.8 Å². The summed E-state index contributed by atoms with van der Waals surface area (Å²) in [5, 5.41) is 8.28. The van der Waals surface area contributed by atoms with Gasteiger partial charge in [0, 0.05) is 16.9 Å². The Morgan fingerprint density at radius 1 is 1.05 bits per heavy atom. The average molecular weight is 552 g/mol. The summed E-state index contributed by atoms with van der Waals surface area (Å²) in [4.78, 5) is 66.3. The van der Waals surface area contributed by atoms with Crippen LogP contribution < -0.4 is 16.0 Å². The smallest absolute Gasteiger partial charge is 0.329 e. The molecular formula is C26H37N3O6S2. The standard InChI is InChI=1S/C26H37N3O6S2/c1-6-18-24(33)29-22(15(4)5)25(34)35-16-9-7-8-10-26(17(13-36-37-26)23(32)27-18)12-19(30)21(14(2)3)28-20(31)11-16/h6-7,9,14-17,21-22H,8,10-13H2,1-5H3,(H,27,32)(H,28,31)(H,29,33)/b9-7+,18-6-/t16-,17+,21+,22?,26?/m0/s1. The van der Waals surface area contributed by atoms with E-state index in [9.17, 15) is 24.0 Å². The van der Waals surface area contributed by atoms with Crippen molar-refractivity contribution >= 4 is 51.1 Å². The van der Waals surface area contributed by atoms with Gasteiger partial charge in [0.05, 0.1) is 18.4 Å². The molecule has 5 atom stereocenters. The SMILES string of the molecule is C/C=C1\NC(=O)[C@H]2CSSC23CC/C=C/[C@@H](CC(=O)N[C@H](C(C)C)C(=O)C3)OC(=O)C(C(C)C)NC1=O. The molecule has 3 aliphatic heterocycles. The fraction of sp³-hybridized carbons (Fsp3) is 0.654. The van der Waals surface area contributed by atoms with Crippen molar-refractivity contribution in [3.8, 4) is 0 Å². The lowest BCUT2D eigenvalue weighted by Crippen LogP contribution is -2.51. The molecule has 1 saturated heterocycles. The monoisotopic (exact) mass is 551 g/mol. The molecule has 1 fully saturated rings. The number of hydrogen-bond donors (Lipinski definition) is 3. The maximum absolute atomic E-state index is 13.6. The maximum Gasteiger partial charge on any atom is 0.329 e. The Labute approximate surface area is 226 Å². The number of fused-ring (bicyclic) bond motifs is 3. The highest BCUT2D eigenvalue weighted by Crippen LogP contribution is 2.55. The molecule has 3 amide bonds. The number of carbonyl (C=O) groups is 5. The Morgan fingerprint density at radius 3 is 2.41 bits per heavy atom. The number of allylic oxidation sites excluding steroid dienone is 2. The molecule has 2 unspecified atom stereocenters. The number of nitrogens with one attached hydrogen (secondary N) is 3. The normalized spacial score (nSPS) is 34.2. The number of amides is 3. The molecule has 2 bridgehead atoms. The molecule has 0 aromatic heterocycles. The van der Waals surface area contributed by atoms with Gasteiger partial charge in [-0.05, 0) is 37.7 Å². The molecule has 9 nitrogen and oxygen atoms in total. The van der Waals surface area contributed by atoms with Crippen molar-refractivity contribution in [2.45, 2.75) is 83.2 Å². The van der Waals surface area contributed by atoms with Gasteiger partial charge >= 0.3 is 5.97 Å². The predicted molar refractivity (Wildman–Crippen MR) is 144 cm³/mol. The van der Waals surface area contributed by atoms with Gasteiger partial charge in [0.25, 0.3) is 5.91 Å². The summed E-state index contributed by atoms with van der Waals surface area (Å²) in [7, 11) is 3.06. The maximum atomic E-state index is 13.6. The first-order valence-corrected chi connectivity index (χ1v) is 15.1. The van der Waals surface area contributed by atoms with Gasteiger partial charge < -0.3 is 20.7 Å². The summed E-state index contributed by atoms with van der Waals surface area (Å²) in [6.45, 7) is 8.91. The van der Waals surface area contributed by atoms with E-state index in [1.165, 1.54) is 27.7 Å². The van der Waals surface area contributed by atoms with Gasteiger partial charge in [-0.25, -0.2) is 4.79 Å². The van der Waals surface area contributed by atoms with E-state index in [-0.39, 0.29) is 42.1 Å². The van der Waals surface area contributed by atoms with Crippen molar-refractivity contribution in [2.75, 3.05) is 5.75 Å². The second-order valence-electron chi connectivity index (χ2n) is 10.5. The molecule has 0 saturated carbocycles. The minimum absolute atomic E-state index is 0.0383. The van der Waals surface area contributed by atoms with Crippen molar-refractivity contribution in [3.63, 3.8) is 0 Å². The number of Topliss-reactive ketones (excluding diaryl/α,β-unsaturated/α-hetero) is 1. The summed E-state index contributed by atoms with van der Waals surface area (Å²) in [5.74, 6) is -2.67. The van der Waals surface area contributed by atoms with Gasteiger partial charge in [-0.3, -0.25) is 19.2 Å². The van der Waals surface area contributed by atoms with Crippen molar-refractivity contribution in [1.82, 2.24) is 16.0 Å². The van der Waals surface area contributed by atoms with Gasteiger partial charge in [-0.2, -0.15) is 0 Å². The van der Waals surface area contributed by atoms with E-state index < -0.39 is 46.6 Å². The molecular weight excluding hydrogens is 514 g/mol. The quantitative estimate of drug-likeness (QED) is 0.207. The molecule has 1 spiro atoms. The molecule has 11 heteroatoms. The second kappa shape index (κ2) is 12.5. The zero-order valence-corrected chi connectivity index (χ0v) is 23.6. The van der Waals surface area contributed by atoms with Crippen molar-refractivity contribution in [2.24, 2.45) is 17.8 Å². The van der Waals surface area contributed by atoms with Gasteiger partial charge in [0.2, 0.25) is 11.8 Å². The molecule has 3 aliphatic rings. The fourth-order valence-electron chi connectivity index (χ4n) is 4.78. The van der Waals surface area contributed by atoms with E-state index in [0.717, 1.165) is 0 Å². The van der Waals surface area contributed by atoms with E-state index in [1.807, 2.05) is 19.9 Å². The lowest BCUT2D eigenvalue weighted by molar-refractivity contribution is -0.153. The highest BCUT2D eigenvalue weighted by atomic mass is 33.1. The Balaban J connectivity index is 2.11. The summed E-state index contributed by atoms with van der Waals surface area (Å²) in [6.07, 6.45) is 5.21. The van der Waals surface area contributed by atoms with E-state index in [2.05, 4.69) is 16.0 Å². The largest absolute Gasteiger partial charge is 0.456 e. The van der Waals surface area contributed by atoms with Gasteiger partial charge in [-0.1, -0.05) is 61.4 Å². The first kappa shape index (κ1) is 29.3. The number of hydrogen-bond acceptors (Lipinski definition) is 8. The third kappa shape index (κ3) is 6.98. The predicted octanol–water partition coefficient (Wildman–Crippen LogP) is 2.66. The Hall–Kier alpha value is -2.27. The molecule has 3 heterocycles. The minimum Gasteiger partial charge on any atom is -0.456 e. The first-order chi connectivity index (χ1) is 17.5. The van der Waals surface area contributed by atoms with E-state index >= 15 is 0 Å². The fourth-order valence-corrected chi connectivity index (χ4v) is 8.60. The van der Waals surface area contributed by atoms with Crippen LogP contribution in [0.3, 0.4) is 0 Å². The Kier molecular flexibility index (Phi) is 9.91. The number of esters is 1. The molecule has 0 radical (unpaired) electrons. The summed E-state index contributed by atoms with van der Waals surface area (Å²) in [6, 6.07) is -1.71. The Morgan fingerprint density at radius 2 is 1.76 bits per heavy atom. The summed E-state index contributed by atoms with van der Waals surface area (Å²) < 4.78 is 4.99. The third-order valence-electron chi connectivity index (χ3n) is 6.95. The lowest BCUT2D eigenvalue weighted by atomic mass is 9.80. The van der Waals surface area contributed by atoms with Crippen molar-refractivity contribution in [3.05, 3.63) is 23.9 Å². The van der Waals surface area contributed by atoms with Crippen LogP contribution in [0.5, 0.6) is 0 Å². The highest BCUT2D eigenvalue weighted by molar-refractivity contribution is 8.77. The molecule has 37 heavy (non-hydrogen) atoms. The van der Waals surface area contributed by atoms with Crippen LogP contribution in [0.2, 0.25) is 0 Å². The van der Waals surface area contributed by atoms with Gasteiger partial charge in [0.15, 0.2) is 5.78 Å². The third-order valence-corrected chi connectivity index (χ3v) is 10.3. The van der Waals surface area contributed by atoms with Crippen molar-refractivity contribution < 1.29 is 28.7 Å². The number of ketones is 1. The minimum atomic E-state index is -0.985. The molecule has 204 valence electrons. The molecule has 0 aliphatic carbocycles. The van der Waals surface area contributed by atoms with Crippen LogP contribution in [-0.4, -0.2) is 58.2 Å². The van der Waals surface area contributed by atoms with Gasteiger partial charge in [-0.15, -0.1) is 0 Å². The van der Waals surface area contributed by atoms with E-state index in [4.69, 9.17) is 4.74 Å². The number of ether oxygens (including phenoxy) is 1. The zero-order chi connectivity index (χ0) is 27.3. The van der Waals surface area contributed by atoms with Crippen LogP contribution in [0, 0.1) is 17.8 Å². The second-order valence-corrected chi connectivity index (χ2v) is 13.2. The molecule has 0 aromatic carbocycles.